The lowest BCUT2D eigenvalue weighted by Crippen LogP contribution is -2.33. The molecule has 0 saturated heterocycles. The fourth-order valence-corrected chi connectivity index (χ4v) is 3.88. The van der Waals surface area contributed by atoms with Crippen molar-refractivity contribution in [2.75, 3.05) is 19.4 Å². The Labute approximate surface area is 178 Å². The molecule has 0 aromatic carbocycles. The van der Waals surface area contributed by atoms with Gasteiger partial charge in [0.05, 0.1) is 36.7 Å². The van der Waals surface area contributed by atoms with Gasteiger partial charge < -0.3 is 19.7 Å². The number of thioether (sulfide) groups is 1. The molecular weight excluding hydrogens is 404 g/mol. The summed E-state index contributed by atoms with van der Waals surface area (Å²) < 4.78 is 7.07. The van der Waals surface area contributed by atoms with E-state index in [0.717, 1.165) is 22.0 Å². The van der Waals surface area contributed by atoms with Crippen molar-refractivity contribution >= 4 is 28.8 Å². The smallest absolute Gasteiger partial charge is 0.255 e. The number of fused-ring (bicyclic) bond motifs is 1. The first-order valence-corrected chi connectivity index (χ1v) is 10.8. The van der Waals surface area contributed by atoms with Gasteiger partial charge in [-0.3, -0.25) is 4.79 Å². The molecule has 0 aliphatic heterocycles. The number of methoxy groups -OCH3 is 1. The number of hydrogen-bond donors (Lipinski definition) is 2. The third-order valence-corrected chi connectivity index (χ3v) is 6.12. The minimum Gasteiger partial charge on any atom is -0.480 e. The molecule has 1 amide bonds. The second kappa shape index (κ2) is 8.19. The fourth-order valence-electron chi connectivity index (χ4n) is 3.15. The first kappa shape index (κ1) is 20.5. The maximum absolute atomic E-state index is 12.8. The SMILES string of the molecule is CCSc1ncnc(Cn2cc(C(=O)NCC3(O)CC3)c3ncc(OC)nc32)c1C. The Balaban J connectivity index is 1.70. The number of carbonyl (C=O) groups is 1. The summed E-state index contributed by atoms with van der Waals surface area (Å²) in [7, 11) is 1.52. The molecule has 10 heteroatoms. The van der Waals surface area contributed by atoms with Crippen LogP contribution in [0.1, 0.15) is 41.4 Å². The number of carbonyl (C=O) groups excluding carboxylic acids is 1. The lowest BCUT2D eigenvalue weighted by molar-refractivity contribution is 0.0897. The average Bonchev–Trinajstić information content (AvgIpc) is 3.38. The highest BCUT2D eigenvalue weighted by atomic mass is 32.2. The van der Waals surface area contributed by atoms with Crippen LogP contribution in [0.4, 0.5) is 0 Å². The third kappa shape index (κ3) is 4.10. The molecule has 1 aliphatic rings. The van der Waals surface area contributed by atoms with Crippen molar-refractivity contribution < 1.29 is 14.6 Å². The van der Waals surface area contributed by atoms with Crippen molar-refractivity contribution in [2.45, 2.75) is 43.9 Å². The van der Waals surface area contributed by atoms with Gasteiger partial charge in [0.25, 0.3) is 5.91 Å². The molecule has 0 bridgehead atoms. The first-order valence-electron chi connectivity index (χ1n) is 9.78. The number of ether oxygens (including phenoxy) is 1. The summed E-state index contributed by atoms with van der Waals surface area (Å²) in [6.07, 6.45) is 6.19. The highest BCUT2D eigenvalue weighted by Crippen LogP contribution is 2.34. The van der Waals surface area contributed by atoms with Crippen LogP contribution in [0.15, 0.2) is 23.7 Å². The molecule has 1 aliphatic carbocycles. The molecule has 30 heavy (non-hydrogen) atoms. The predicted octanol–water partition coefficient (Wildman–Crippen LogP) is 1.95. The van der Waals surface area contributed by atoms with Crippen molar-refractivity contribution in [2.24, 2.45) is 0 Å². The van der Waals surface area contributed by atoms with E-state index in [0.29, 0.717) is 42.0 Å². The topological polar surface area (TPSA) is 115 Å². The largest absolute Gasteiger partial charge is 0.480 e. The van der Waals surface area contributed by atoms with Gasteiger partial charge in [-0.25, -0.2) is 15.0 Å². The Kier molecular flexibility index (Phi) is 5.61. The van der Waals surface area contributed by atoms with Gasteiger partial charge >= 0.3 is 0 Å². The minimum atomic E-state index is -0.770. The van der Waals surface area contributed by atoms with Gasteiger partial charge in [0.15, 0.2) is 5.65 Å². The summed E-state index contributed by atoms with van der Waals surface area (Å²) in [5.41, 5.74) is 2.50. The van der Waals surface area contributed by atoms with Crippen LogP contribution in [0.3, 0.4) is 0 Å². The molecule has 0 spiro atoms. The lowest BCUT2D eigenvalue weighted by atomic mass is 10.2. The van der Waals surface area contributed by atoms with Gasteiger partial charge in [-0.2, -0.15) is 4.98 Å². The van der Waals surface area contributed by atoms with E-state index >= 15 is 0 Å². The van der Waals surface area contributed by atoms with Gasteiger partial charge in [-0.1, -0.05) is 6.92 Å². The molecule has 9 nitrogen and oxygen atoms in total. The zero-order valence-electron chi connectivity index (χ0n) is 17.2. The number of nitrogens with one attached hydrogen (secondary N) is 1. The van der Waals surface area contributed by atoms with Crippen LogP contribution >= 0.6 is 11.8 Å². The van der Waals surface area contributed by atoms with Crippen LogP contribution in [0.5, 0.6) is 5.88 Å². The Hall–Kier alpha value is -2.72. The Morgan fingerprint density at radius 3 is 2.87 bits per heavy atom. The third-order valence-electron chi connectivity index (χ3n) is 5.15. The summed E-state index contributed by atoms with van der Waals surface area (Å²) >= 11 is 1.67. The van der Waals surface area contributed by atoms with Crippen molar-refractivity contribution in [3.8, 4) is 5.88 Å². The maximum atomic E-state index is 12.8. The monoisotopic (exact) mass is 428 g/mol. The summed E-state index contributed by atoms with van der Waals surface area (Å²) in [6, 6.07) is 0. The van der Waals surface area contributed by atoms with Crippen LogP contribution in [0, 0.1) is 6.92 Å². The number of hydrogen-bond acceptors (Lipinski definition) is 8. The number of amides is 1. The molecule has 1 fully saturated rings. The Morgan fingerprint density at radius 2 is 2.17 bits per heavy atom. The molecular formula is C20H24N6O3S. The Bertz CT molecular complexity index is 1100. The second-order valence-corrected chi connectivity index (χ2v) is 8.60. The van der Waals surface area contributed by atoms with Crippen LogP contribution in [-0.4, -0.2) is 60.5 Å². The van der Waals surface area contributed by atoms with E-state index in [1.165, 1.54) is 13.3 Å². The summed E-state index contributed by atoms with van der Waals surface area (Å²) in [4.78, 5) is 30.5. The number of rotatable bonds is 8. The van der Waals surface area contributed by atoms with Crippen LogP contribution < -0.4 is 10.1 Å². The molecule has 3 aromatic heterocycles. The molecule has 0 atom stereocenters. The van der Waals surface area contributed by atoms with E-state index in [-0.39, 0.29) is 12.5 Å². The van der Waals surface area contributed by atoms with Gasteiger partial charge in [-0.15, -0.1) is 11.8 Å². The van der Waals surface area contributed by atoms with E-state index in [1.54, 1.807) is 24.3 Å². The zero-order valence-corrected chi connectivity index (χ0v) is 18.0. The Morgan fingerprint density at radius 1 is 1.37 bits per heavy atom. The van der Waals surface area contributed by atoms with Crippen molar-refractivity contribution in [3.63, 3.8) is 0 Å². The summed E-state index contributed by atoms with van der Waals surface area (Å²) in [6.45, 7) is 4.72. The predicted molar refractivity (Wildman–Crippen MR) is 113 cm³/mol. The number of aromatic nitrogens is 5. The van der Waals surface area contributed by atoms with Crippen LogP contribution in [0.2, 0.25) is 0 Å². The molecule has 2 N–H and O–H groups in total. The average molecular weight is 429 g/mol. The van der Waals surface area contributed by atoms with Crippen LogP contribution in [-0.2, 0) is 6.54 Å². The van der Waals surface area contributed by atoms with Gasteiger partial charge in [-0.05, 0) is 25.5 Å². The maximum Gasteiger partial charge on any atom is 0.255 e. The standard InChI is InChI=1S/C20H24N6O3S/c1-4-30-19-12(2)14(23-11-24-19)9-26-8-13(18(27)22-10-20(28)5-6-20)16-17(26)25-15(29-3)7-21-16/h7-8,11,28H,4-6,9-10H2,1-3H3,(H,22,27). The molecule has 3 aromatic rings. The van der Waals surface area contributed by atoms with Crippen molar-refractivity contribution in [3.05, 3.63) is 35.5 Å². The summed E-state index contributed by atoms with van der Waals surface area (Å²) in [5, 5.41) is 13.8. The van der Waals surface area contributed by atoms with Gasteiger partial charge in [0.2, 0.25) is 5.88 Å². The highest BCUT2D eigenvalue weighted by Gasteiger charge is 2.40. The van der Waals surface area contributed by atoms with Crippen LogP contribution in [0.25, 0.3) is 11.2 Å². The van der Waals surface area contributed by atoms with E-state index in [4.69, 9.17) is 4.74 Å². The van der Waals surface area contributed by atoms with E-state index in [9.17, 15) is 9.90 Å². The first-order chi connectivity index (χ1) is 14.4. The normalized spacial score (nSPS) is 14.7. The van der Waals surface area contributed by atoms with Gasteiger partial charge in [0.1, 0.15) is 16.9 Å². The summed E-state index contributed by atoms with van der Waals surface area (Å²) in [5.74, 6) is 0.992. The second-order valence-electron chi connectivity index (χ2n) is 7.35. The highest BCUT2D eigenvalue weighted by molar-refractivity contribution is 7.99. The molecule has 4 rings (SSSR count). The molecule has 0 unspecified atom stereocenters. The molecule has 0 radical (unpaired) electrons. The fraction of sp³-hybridized carbons (Fsp3) is 0.450. The molecule has 158 valence electrons. The molecule has 1 saturated carbocycles. The quantitative estimate of drug-likeness (QED) is 0.413. The van der Waals surface area contributed by atoms with E-state index in [2.05, 4.69) is 32.2 Å². The number of aliphatic hydroxyl groups is 1. The van der Waals surface area contributed by atoms with E-state index in [1.807, 2.05) is 11.5 Å². The zero-order chi connectivity index (χ0) is 21.3. The molecule has 3 heterocycles. The number of nitrogens with zero attached hydrogens (tertiary/aromatic N) is 5. The van der Waals surface area contributed by atoms with Crippen molar-refractivity contribution in [1.29, 1.82) is 0 Å². The van der Waals surface area contributed by atoms with E-state index < -0.39 is 5.60 Å². The van der Waals surface area contributed by atoms with Gasteiger partial charge in [0, 0.05) is 18.3 Å². The minimum absolute atomic E-state index is 0.227. The lowest BCUT2D eigenvalue weighted by Gasteiger charge is -2.10. The van der Waals surface area contributed by atoms with Crippen molar-refractivity contribution in [1.82, 2.24) is 29.8 Å².